The molecule has 116 valence electrons. The molecule has 2 heterocycles. The second-order valence-corrected chi connectivity index (χ2v) is 5.69. The summed E-state index contributed by atoms with van der Waals surface area (Å²) >= 11 is 0. The number of nitrogens with zero attached hydrogens (tertiary/aromatic N) is 3. The molecular weight excluding hydrogens is 266 g/mol. The van der Waals surface area contributed by atoms with Gasteiger partial charge in [-0.25, -0.2) is 9.97 Å². The highest BCUT2D eigenvalue weighted by molar-refractivity contribution is 5.82. The average molecular weight is 291 g/mol. The maximum Gasteiger partial charge on any atom is 0.239 e. The van der Waals surface area contributed by atoms with Crippen molar-refractivity contribution in [2.75, 3.05) is 36.4 Å². The summed E-state index contributed by atoms with van der Waals surface area (Å²) in [6.45, 7) is 11.0. The molecular formula is C15H25N5O. The van der Waals surface area contributed by atoms with E-state index in [0.717, 1.165) is 49.1 Å². The summed E-state index contributed by atoms with van der Waals surface area (Å²) in [7, 11) is 0. The number of rotatable bonds is 4. The summed E-state index contributed by atoms with van der Waals surface area (Å²) in [5.74, 6) is 2.87. The van der Waals surface area contributed by atoms with Crippen LogP contribution < -0.4 is 15.5 Å². The lowest BCUT2D eigenvalue weighted by atomic mass is 10.2. The summed E-state index contributed by atoms with van der Waals surface area (Å²) in [4.78, 5) is 23.2. The van der Waals surface area contributed by atoms with Gasteiger partial charge in [0.1, 0.15) is 17.5 Å². The Morgan fingerprint density at radius 3 is 2.81 bits per heavy atom. The van der Waals surface area contributed by atoms with Crippen LogP contribution in [0, 0.1) is 6.92 Å². The Labute approximate surface area is 126 Å². The third-order valence-corrected chi connectivity index (χ3v) is 3.56. The van der Waals surface area contributed by atoms with Crippen LogP contribution in [0.3, 0.4) is 0 Å². The van der Waals surface area contributed by atoms with E-state index in [-0.39, 0.29) is 11.8 Å². The molecule has 1 amide bonds. The van der Waals surface area contributed by atoms with Crippen LogP contribution in [0.1, 0.15) is 44.5 Å². The second-order valence-electron chi connectivity index (χ2n) is 5.69. The molecule has 1 aromatic heterocycles. The molecule has 2 rings (SSSR count). The van der Waals surface area contributed by atoms with E-state index >= 15 is 0 Å². The zero-order valence-electron chi connectivity index (χ0n) is 13.4. The number of carbonyl (C=O) groups is 1. The molecule has 1 aliphatic rings. The van der Waals surface area contributed by atoms with Crippen LogP contribution in [0.15, 0.2) is 0 Å². The average Bonchev–Trinajstić information content (AvgIpc) is 2.65. The van der Waals surface area contributed by atoms with Crippen LogP contribution in [0.4, 0.5) is 11.6 Å². The molecule has 1 aromatic rings. The highest BCUT2D eigenvalue weighted by Gasteiger charge is 2.21. The summed E-state index contributed by atoms with van der Waals surface area (Å²) in [5.41, 5.74) is 1.01. The largest absolute Gasteiger partial charge is 0.370 e. The number of hydrogen-bond acceptors (Lipinski definition) is 5. The van der Waals surface area contributed by atoms with Gasteiger partial charge in [-0.05, 0) is 20.3 Å². The van der Waals surface area contributed by atoms with E-state index in [2.05, 4.69) is 41.3 Å². The first-order valence-electron chi connectivity index (χ1n) is 7.67. The Bertz CT molecular complexity index is 515. The number of amides is 1. The smallest absolute Gasteiger partial charge is 0.239 e. The van der Waals surface area contributed by atoms with Crippen LogP contribution in [0.2, 0.25) is 0 Å². The van der Waals surface area contributed by atoms with Crippen molar-refractivity contribution in [3.05, 3.63) is 11.4 Å². The molecule has 21 heavy (non-hydrogen) atoms. The zero-order valence-corrected chi connectivity index (χ0v) is 13.4. The summed E-state index contributed by atoms with van der Waals surface area (Å²) in [6, 6.07) is 0. The van der Waals surface area contributed by atoms with Gasteiger partial charge in [0.05, 0.1) is 6.54 Å². The topological polar surface area (TPSA) is 70.2 Å². The molecule has 0 radical (unpaired) electrons. The predicted octanol–water partition coefficient (Wildman–Crippen LogP) is 1.67. The molecule has 0 aromatic carbocycles. The highest BCUT2D eigenvalue weighted by Crippen LogP contribution is 2.26. The SMILES string of the molecule is CCNc1nc(C(C)C)nc(N2CCCNC(=O)C2)c1C. The number of anilines is 2. The van der Waals surface area contributed by atoms with Gasteiger partial charge in [0, 0.05) is 31.1 Å². The van der Waals surface area contributed by atoms with Crippen molar-refractivity contribution in [1.29, 1.82) is 0 Å². The Hall–Kier alpha value is -1.85. The van der Waals surface area contributed by atoms with Gasteiger partial charge in [0.25, 0.3) is 0 Å². The molecule has 0 saturated carbocycles. The maximum absolute atomic E-state index is 11.8. The van der Waals surface area contributed by atoms with E-state index < -0.39 is 0 Å². The van der Waals surface area contributed by atoms with Gasteiger partial charge in [-0.2, -0.15) is 0 Å². The van der Waals surface area contributed by atoms with Gasteiger partial charge in [0.15, 0.2) is 0 Å². The quantitative estimate of drug-likeness (QED) is 0.883. The van der Waals surface area contributed by atoms with Crippen molar-refractivity contribution < 1.29 is 4.79 Å². The fourth-order valence-electron chi connectivity index (χ4n) is 2.41. The van der Waals surface area contributed by atoms with Gasteiger partial charge in [-0.1, -0.05) is 13.8 Å². The van der Waals surface area contributed by atoms with Crippen LogP contribution in [-0.4, -0.2) is 42.1 Å². The first-order chi connectivity index (χ1) is 10.0. The molecule has 0 aliphatic carbocycles. The first kappa shape index (κ1) is 15.5. The molecule has 0 unspecified atom stereocenters. The third kappa shape index (κ3) is 3.62. The van der Waals surface area contributed by atoms with Crippen molar-refractivity contribution in [3.8, 4) is 0 Å². The second kappa shape index (κ2) is 6.74. The molecule has 1 fully saturated rings. The number of hydrogen-bond donors (Lipinski definition) is 2. The number of nitrogens with one attached hydrogen (secondary N) is 2. The lowest BCUT2D eigenvalue weighted by Gasteiger charge is -2.24. The molecule has 6 heteroatoms. The highest BCUT2D eigenvalue weighted by atomic mass is 16.2. The van der Waals surface area contributed by atoms with E-state index in [1.54, 1.807) is 0 Å². The maximum atomic E-state index is 11.8. The summed E-state index contributed by atoms with van der Waals surface area (Å²) in [5, 5.41) is 6.20. The molecule has 0 atom stereocenters. The van der Waals surface area contributed by atoms with Gasteiger partial charge in [0.2, 0.25) is 5.91 Å². The normalized spacial score (nSPS) is 15.9. The van der Waals surface area contributed by atoms with Crippen LogP contribution in [0.5, 0.6) is 0 Å². The minimum atomic E-state index is 0.0570. The lowest BCUT2D eigenvalue weighted by Crippen LogP contribution is -2.34. The van der Waals surface area contributed by atoms with Gasteiger partial charge in [-0.3, -0.25) is 4.79 Å². The van der Waals surface area contributed by atoms with E-state index in [1.165, 1.54) is 0 Å². The molecule has 2 N–H and O–H groups in total. The van der Waals surface area contributed by atoms with E-state index in [0.29, 0.717) is 6.54 Å². The van der Waals surface area contributed by atoms with Crippen LogP contribution >= 0.6 is 0 Å². The molecule has 6 nitrogen and oxygen atoms in total. The van der Waals surface area contributed by atoms with Gasteiger partial charge >= 0.3 is 0 Å². The third-order valence-electron chi connectivity index (χ3n) is 3.56. The standard InChI is InChI=1S/C15H25N5O/c1-5-16-14-11(4)15(19-13(18-14)10(2)3)20-8-6-7-17-12(21)9-20/h10H,5-9H2,1-4H3,(H,17,21)(H,16,18,19). The zero-order chi connectivity index (χ0) is 15.4. The summed E-state index contributed by atoms with van der Waals surface area (Å²) < 4.78 is 0. The van der Waals surface area contributed by atoms with Gasteiger partial charge < -0.3 is 15.5 Å². The lowest BCUT2D eigenvalue weighted by molar-refractivity contribution is -0.119. The molecule has 0 bridgehead atoms. The van der Waals surface area contributed by atoms with Crippen molar-refractivity contribution in [3.63, 3.8) is 0 Å². The van der Waals surface area contributed by atoms with E-state index in [1.807, 2.05) is 6.92 Å². The minimum Gasteiger partial charge on any atom is -0.370 e. The molecule has 0 spiro atoms. The Morgan fingerprint density at radius 1 is 1.38 bits per heavy atom. The van der Waals surface area contributed by atoms with Crippen molar-refractivity contribution >= 4 is 17.5 Å². The predicted molar refractivity (Wildman–Crippen MR) is 84.9 cm³/mol. The number of carbonyl (C=O) groups excluding carboxylic acids is 1. The fraction of sp³-hybridized carbons (Fsp3) is 0.667. The van der Waals surface area contributed by atoms with Crippen LogP contribution in [-0.2, 0) is 4.79 Å². The summed E-state index contributed by atoms with van der Waals surface area (Å²) in [6.07, 6.45) is 0.933. The molecule has 1 saturated heterocycles. The Balaban J connectivity index is 2.42. The van der Waals surface area contributed by atoms with E-state index in [4.69, 9.17) is 4.98 Å². The van der Waals surface area contributed by atoms with Gasteiger partial charge in [-0.15, -0.1) is 0 Å². The van der Waals surface area contributed by atoms with E-state index in [9.17, 15) is 4.79 Å². The fourth-order valence-corrected chi connectivity index (χ4v) is 2.41. The molecule has 1 aliphatic heterocycles. The van der Waals surface area contributed by atoms with Crippen molar-refractivity contribution in [1.82, 2.24) is 15.3 Å². The van der Waals surface area contributed by atoms with Crippen molar-refractivity contribution in [2.24, 2.45) is 0 Å². The Morgan fingerprint density at radius 2 is 2.14 bits per heavy atom. The number of aromatic nitrogens is 2. The van der Waals surface area contributed by atoms with Crippen molar-refractivity contribution in [2.45, 2.75) is 40.0 Å². The Kier molecular flexibility index (Phi) is 4.98. The first-order valence-corrected chi connectivity index (χ1v) is 7.67. The monoisotopic (exact) mass is 291 g/mol. The minimum absolute atomic E-state index is 0.0570. The van der Waals surface area contributed by atoms with Crippen LogP contribution in [0.25, 0.3) is 0 Å².